The lowest BCUT2D eigenvalue weighted by Gasteiger charge is -2.03. The van der Waals surface area contributed by atoms with E-state index in [2.05, 4.69) is 34.9 Å². The molecule has 13 heavy (non-hydrogen) atoms. The van der Waals surface area contributed by atoms with Gasteiger partial charge in [-0.3, -0.25) is 0 Å². The van der Waals surface area contributed by atoms with Gasteiger partial charge in [0.05, 0.1) is 0 Å². The van der Waals surface area contributed by atoms with Gasteiger partial charge < -0.3 is 10.6 Å². The van der Waals surface area contributed by atoms with Gasteiger partial charge in [-0.2, -0.15) is 0 Å². The van der Waals surface area contributed by atoms with Gasteiger partial charge in [0.2, 0.25) is 0 Å². The Bertz CT molecular complexity index is 228. The number of hydrogen-bond donors (Lipinski definition) is 2. The van der Waals surface area contributed by atoms with Gasteiger partial charge in [-0.05, 0) is 38.2 Å². The molecule has 0 atom stereocenters. The van der Waals surface area contributed by atoms with E-state index in [-0.39, 0.29) is 0 Å². The molecule has 1 aromatic carbocycles. The first-order valence-corrected chi connectivity index (χ1v) is 4.74. The van der Waals surface area contributed by atoms with Crippen LogP contribution in [0.2, 0.25) is 0 Å². The molecule has 0 aromatic heterocycles. The van der Waals surface area contributed by atoms with Gasteiger partial charge in [-0.25, -0.2) is 0 Å². The van der Waals surface area contributed by atoms with E-state index in [4.69, 9.17) is 0 Å². The number of benzene rings is 1. The van der Waals surface area contributed by atoms with Crippen molar-refractivity contribution in [3.8, 4) is 0 Å². The molecule has 0 unspecified atom stereocenters. The molecule has 0 aliphatic heterocycles. The third kappa shape index (κ3) is 3.57. The summed E-state index contributed by atoms with van der Waals surface area (Å²) in [6.45, 7) is 2.00. The first-order valence-electron chi connectivity index (χ1n) is 4.74. The highest BCUT2D eigenvalue weighted by Gasteiger charge is 1.92. The van der Waals surface area contributed by atoms with Crippen molar-refractivity contribution < 1.29 is 0 Å². The molecule has 0 aliphatic rings. The Morgan fingerprint density at radius 1 is 0.923 bits per heavy atom. The van der Waals surface area contributed by atoms with Gasteiger partial charge in [0, 0.05) is 6.54 Å². The summed E-state index contributed by atoms with van der Waals surface area (Å²) in [5, 5.41) is 6.28. The molecule has 0 aliphatic carbocycles. The minimum atomic E-state index is 0.951. The maximum absolute atomic E-state index is 3.14. The van der Waals surface area contributed by atoms with Crippen molar-refractivity contribution >= 4 is 0 Å². The molecule has 2 heteroatoms. The molecule has 2 nitrogen and oxygen atoms in total. The van der Waals surface area contributed by atoms with Gasteiger partial charge in [-0.1, -0.05) is 24.3 Å². The largest absolute Gasteiger partial charge is 0.319 e. The predicted octanol–water partition coefficient (Wildman–Crippen LogP) is 1.17. The normalized spacial score (nSPS) is 10.3. The molecule has 1 rings (SSSR count). The van der Waals surface area contributed by atoms with Crippen LogP contribution in [0.1, 0.15) is 11.1 Å². The van der Waals surface area contributed by atoms with Crippen LogP contribution in [0.4, 0.5) is 0 Å². The Morgan fingerprint density at radius 3 is 2.08 bits per heavy atom. The molecule has 0 fully saturated rings. The summed E-state index contributed by atoms with van der Waals surface area (Å²) in [6, 6.07) is 8.76. The lowest BCUT2D eigenvalue weighted by Crippen LogP contribution is -2.10. The van der Waals surface area contributed by atoms with Crippen molar-refractivity contribution in [2.45, 2.75) is 13.0 Å². The summed E-state index contributed by atoms with van der Waals surface area (Å²) in [4.78, 5) is 0. The first-order chi connectivity index (χ1) is 6.36. The third-order valence-corrected chi connectivity index (χ3v) is 2.07. The molecule has 0 heterocycles. The lowest BCUT2D eigenvalue weighted by atomic mass is 10.1. The van der Waals surface area contributed by atoms with Crippen molar-refractivity contribution in [3.05, 3.63) is 35.4 Å². The third-order valence-electron chi connectivity index (χ3n) is 2.07. The summed E-state index contributed by atoms with van der Waals surface area (Å²) in [7, 11) is 3.95. The molecule has 1 aromatic rings. The minimum absolute atomic E-state index is 0.951. The van der Waals surface area contributed by atoms with E-state index < -0.39 is 0 Å². The van der Waals surface area contributed by atoms with Crippen LogP contribution >= 0.6 is 0 Å². The zero-order valence-electron chi connectivity index (χ0n) is 8.43. The van der Waals surface area contributed by atoms with E-state index in [0.717, 1.165) is 19.5 Å². The highest BCUT2D eigenvalue weighted by Crippen LogP contribution is 2.04. The van der Waals surface area contributed by atoms with E-state index >= 15 is 0 Å². The fourth-order valence-electron chi connectivity index (χ4n) is 1.30. The summed E-state index contributed by atoms with van der Waals surface area (Å²) in [5.74, 6) is 0. The summed E-state index contributed by atoms with van der Waals surface area (Å²) in [5.41, 5.74) is 2.74. The Kier molecular flexibility index (Phi) is 4.50. The van der Waals surface area contributed by atoms with Gasteiger partial charge in [0.1, 0.15) is 0 Å². The van der Waals surface area contributed by atoms with Crippen molar-refractivity contribution in [1.29, 1.82) is 0 Å². The minimum Gasteiger partial charge on any atom is -0.319 e. The van der Waals surface area contributed by atoms with Crippen molar-refractivity contribution in [1.82, 2.24) is 10.6 Å². The quantitative estimate of drug-likeness (QED) is 0.707. The standard InChI is InChI=1S/C11H18N2/c1-12-8-7-10-3-5-11(6-4-10)9-13-2/h3-6,12-13H,7-9H2,1-2H3. The van der Waals surface area contributed by atoms with Crippen LogP contribution in [0.15, 0.2) is 24.3 Å². The molecular formula is C11H18N2. The monoisotopic (exact) mass is 178 g/mol. The van der Waals surface area contributed by atoms with E-state index in [1.165, 1.54) is 11.1 Å². The molecule has 0 radical (unpaired) electrons. The highest BCUT2D eigenvalue weighted by molar-refractivity contribution is 5.22. The Labute approximate surface area is 80.4 Å². The molecule has 0 saturated carbocycles. The van der Waals surface area contributed by atoms with E-state index in [0.29, 0.717) is 0 Å². The van der Waals surface area contributed by atoms with Crippen molar-refractivity contribution in [3.63, 3.8) is 0 Å². The Morgan fingerprint density at radius 2 is 1.54 bits per heavy atom. The van der Waals surface area contributed by atoms with Crippen LogP contribution in [0.25, 0.3) is 0 Å². The molecule has 0 bridgehead atoms. The lowest BCUT2D eigenvalue weighted by molar-refractivity contribution is 0.788. The second-order valence-corrected chi connectivity index (χ2v) is 3.20. The highest BCUT2D eigenvalue weighted by atomic mass is 14.8. The molecule has 72 valence electrons. The summed E-state index contributed by atoms with van der Waals surface area (Å²) >= 11 is 0. The van der Waals surface area contributed by atoms with E-state index in [9.17, 15) is 0 Å². The predicted molar refractivity (Wildman–Crippen MR) is 56.8 cm³/mol. The van der Waals surface area contributed by atoms with Crippen molar-refractivity contribution in [2.24, 2.45) is 0 Å². The molecule has 0 saturated heterocycles. The van der Waals surface area contributed by atoms with E-state index in [1.807, 2.05) is 14.1 Å². The second-order valence-electron chi connectivity index (χ2n) is 3.20. The number of hydrogen-bond acceptors (Lipinski definition) is 2. The smallest absolute Gasteiger partial charge is 0.0202 e. The molecular weight excluding hydrogens is 160 g/mol. The maximum atomic E-state index is 3.14. The summed E-state index contributed by atoms with van der Waals surface area (Å²) < 4.78 is 0. The topological polar surface area (TPSA) is 24.1 Å². The van der Waals surface area contributed by atoms with Gasteiger partial charge in [-0.15, -0.1) is 0 Å². The van der Waals surface area contributed by atoms with Crippen LogP contribution in [0.3, 0.4) is 0 Å². The van der Waals surface area contributed by atoms with Gasteiger partial charge in [0.15, 0.2) is 0 Å². The van der Waals surface area contributed by atoms with Crippen LogP contribution in [-0.2, 0) is 13.0 Å². The summed E-state index contributed by atoms with van der Waals surface area (Å²) in [6.07, 6.45) is 1.11. The molecule has 0 amide bonds. The maximum Gasteiger partial charge on any atom is 0.0202 e. The number of nitrogens with one attached hydrogen (secondary N) is 2. The zero-order valence-corrected chi connectivity index (χ0v) is 8.43. The van der Waals surface area contributed by atoms with Crippen molar-refractivity contribution in [2.75, 3.05) is 20.6 Å². The SMILES string of the molecule is CNCCc1ccc(CNC)cc1. The number of likely N-dealkylation sites (N-methyl/N-ethyl adjacent to an activating group) is 1. The average molecular weight is 178 g/mol. The van der Waals surface area contributed by atoms with Gasteiger partial charge >= 0.3 is 0 Å². The second kappa shape index (κ2) is 5.73. The fourth-order valence-corrected chi connectivity index (χ4v) is 1.30. The van der Waals surface area contributed by atoms with Crippen LogP contribution < -0.4 is 10.6 Å². The Balaban J connectivity index is 2.48. The van der Waals surface area contributed by atoms with Gasteiger partial charge in [0.25, 0.3) is 0 Å². The fraction of sp³-hybridized carbons (Fsp3) is 0.455. The average Bonchev–Trinajstić information content (AvgIpc) is 2.17. The van der Waals surface area contributed by atoms with Crippen LogP contribution in [-0.4, -0.2) is 20.6 Å². The Hall–Kier alpha value is -0.860. The van der Waals surface area contributed by atoms with Crippen LogP contribution in [0.5, 0.6) is 0 Å². The molecule has 2 N–H and O–H groups in total. The van der Waals surface area contributed by atoms with E-state index in [1.54, 1.807) is 0 Å². The first kappa shape index (κ1) is 10.2. The molecule has 0 spiro atoms. The number of rotatable bonds is 5. The van der Waals surface area contributed by atoms with Crippen LogP contribution in [0, 0.1) is 0 Å². The zero-order chi connectivity index (χ0) is 9.52.